The fraction of sp³-hybridized carbons (Fsp3) is 0.192. The zero-order valence-corrected chi connectivity index (χ0v) is 16.8. The van der Waals surface area contributed by atoms with Crippen molar-refractivity contribution in [1.82, 2.24) is 0 Å². The van der Waals surface area contributed by atoms with Gasteiger partial charge in [-0.25, -0.2) is 4.90 Å². The van der Waals surface area contributed by atoms with E-state index in [4.69, 9.17) is 4.74 Å². The van der Waals surface area contributed by atoms with Crippen LogP contribution in [0.5, 0.6) is 5.75 Å². The summed E-state index contributed by atoms with van der Waals surface area (Å²) in [6.07, 6.45) is 0.889. The Bertz CT molecular complexity index is 1210. The van der Waals surface area contributed by atoms with Crippen LogP contribution in [0, 0.1) is 11.8 Å². The van der Waals surface area contributed by atoms with Gasteiger partial charge in [0.25, 0.3) is 0 Å². The molecule has 0 aromatic heterocycles. The zero-order valence-electron chi connectivity index (χ0n) is 16.8. The lowest BCUT2D eigenvalue weighted by atomic mass is 9.48. The predicted octanol–water partition coefficient (Wildman–Crippen LogP) is 3.44. The van der Waals surface area contributed by atoms with Gasteiger partial charge in [-0.1, -0.05) is 48.5 Å². The van der Waals surface area contributed by atoms with Gasteiger partial charge >= 0.3 is 0 Å². The molecule has 1 fully saturated rings. The lowest BCUT2D eigenvalue weighted by Crippen LogP contribution is -2.54. The van der Waals surface area contributed by atoms with Crippen molar-refractivity contribution >= 4 is 23.8 Å². The molecule has 3 aliphatic carbocycles. The number of imide groups is 1. The molecule has 5 heteroatoms. The van der Waals surface area contributed by atoms with Crippen LogP contribution in [0.25, 0.3) is 0 Å². The summed E-state index contributed by atoms with van der Waals surface area (Å²) in [6, 6.07) is 22.3. The molecular weight excluding hydrogens is 390 g/mol. The summed E-state index contributed by atoms with van der Waals surface area (Å²) in [4.78, 5) is 41.7. The van der Waals surface area contributed by atoms with Gasteiger partial charge in [-0.05, 0) is 46.5 Å². The highest BCUT2D eigenvalue weighted by Crippen LogP contribution is 2.63. The number of amides is 2. The van der Waals surface area contributed by atoms with E-state index < -0.39 is 17.3 Å². The highest BCUT2D eigenvalue weighted by molar-refractivity contribution is 6.24. The monoisotopic (exact) mass is 409 g/mol. The molecule has 152 valence electrons. The first-order valence-electron chi connectivity index (χ1n) is 10.3. The Morgan fingerprint density at radius 2 is 1.42 bits per heavy atom. The average molecular weight is 409 g/mol. The number of rotatable bonds is 3. The smallest absolute Gasteiger partial charge is 0.239 e. The number of hydrogen-bond acceptors (Lipinski definition) is 4. The van der Waals surface area contributed by atoms with Crippen molar-refractivity contribution < 1.29 is 19.1 Å². The molecule has 2 atom stereocenters. The number of ether oxygens (including phenoxy) is 1. The number of carbonyl (C=O) groups excluding carboxylic acids is 3. The van der Waals surface area contributed by atoms with E-state index in [1.165, 1.54) is 4.90 Å². The molecule has 0 unspecified atom stereocenters. The number of nitrogens with zero attached hydrogens (tertiary/aromatic N) is 1. The van der Waals surface area contributed by atoms with Gasteiger partial charge in [-0.2, -0.15) is 0 Å². The summed E-state index contributed by atoms with van der Waals surface area (Å²) < 4.78 is 5.21. The number of aldehydes is 1. The van der Waals surface area contributed by atoms with Gasteiger partial charge in [0.05, 0.1) is 30.0 Å². The van der Waals surface area contributed by atoms with Crippen molar-refractivity contribution in [3.05, 3.63) is 95.1 Å². The second-order valence-electron chi connectivity index (χ2n) is 8.35. The highest BCUT2D eigenvalue weighted by Gasteiger charge is 2.68. The molecule has 0 saturated carbocycles. The first kappa shape index (κ1) is 18.1. The van der Waals surface area contributed by atoms with Crippen LogP contribution in [-0.2, 0) is 19.8 Å². The van der Waals surface area contributed by atoms with Crippen molar-refractivity contribution in [2.75, 3.05) is 12.0 Å². The van der Waals surface area contributed by atoms with Gasteiger partial charge in [0.15, 0.2) is 0 Å². The van der Waals surface area contributed by atoms with Crippen LogP contribution in [0.2, 0.25) is 0 Å². The van der Waals surface area contributed by atoms with E-state index in [9.17, 15) is 14.4 Å². The van der Waals surface area contributed by atoms with Crippen LogP contribution in [0.15, 0.2) is 72.8 Å². The minimum absolute atomic E-state index is 0.250. The molecule has 5 nitrogen and oxygen atoms in total. The van der Waals surface area contributed by atoms with E-state index in [2.05, 4.69) is 0 Å². The molecule has 0 N–H and O–H groups in total. The van der Waals surface area contributed by atoms with Crippen molar-refractivity contribution in [1.29, 1.82) is 0 Å². The molecule has 2 bridgehead atoms. The number of hydrogen-bond donors (Lipinski definition) is 0. The molecular formula is C26H19NO4. The molecule has 31 heavy (non-hydrogen) atoms. The van der Waals surface area contributed by atoms with Crippen molar-refractivity contribution in [3.8, 4) is 5.75 Å². The second-order valence-corrected chi connectivity index (χ2v) is 8.35. The summed E-state index contributed by atoms with van der Waals surface area (Å²) in [5.41, 5.74) is 2.94. The van der Waals surface area contributed by atoms with Gasteiger partial charge in [0.2, 0.25) is 11.8 Å². The molecule has 2 amide bonds. The third-order valence-electron chi connectivity index (χ3n) is 7.20. The Morgan fingerprint density at radius 3 is 1.97 bits per heavy atom. The van der Waals surface area contributed by atoms with Gasteiger partial charge in [-0.15, -0.1) is 0 Å². The number of benzene rings is 3. The molecule has 0 spiro atoms. The number of anilines is 1. The predicted molar refractivity (Wildman–Crippen MR) is 114 cm³/mol. The topological polar surface area (TPSA) is 63.7 Å². The Hall–Kier alpha value is -3.73. The van der Waals surface area contributed by atoms with Gasteiger partial charge in [0.1, 0.15) is 12.0 Å². The average Bonchev–Trinajstić information content (AvgIpc) is 3.10. The molecule has 4 aliphatic rings. The van der Waals surface area contributed by atoms with Gasteiger partial charge in [0, 0.05) is 5.92 Å². The van der Waals surface area contributed by atoms with E-state index in [0.29, 0.717) is 11.4 Å². The third-order valence-corrected chi connectivity index (χ3v) is 7.20. The SMILES string of the molecule is COc1ccc(N2C(=O)[C@@H]3C4c5ccccc5C(C=O)(c5ccccc54)[C@@H]3C2=O)cc1. The summed E-state index contributed by atoms with van der Waals surface area (Å²) >= 11 is 0. The van der Waals surface area contributed by atoms with Crippen LogP contribution in [0.3, 0.4) is 0 Å². The molecule has 1 heterocycles. The Labute approximate surface area is 179 Å². The van der Waals surface area contributed by atoms with Crippen molar-refractivity contribution in [3.63, 3.8) is 0 Å². The molecule has 3 aromatic rings. The van der Waals surface area contributed by atoms with Gasteiger partial charge in [-0.3, -0.25) is 9.59 Å². The minimum atomic E-state index is -1.17. The van der Waals surface area contributed by atoms with E-state index in [-0.39, 0.29) is 17.7 Å². The first-order chi connectivity index (χ1) is 15.1. The summed E-state index contributed by atoms with van der Waals surface area (Å²) in [5, 5.41) is 0. The van der Waals surface area contributed by atoms with Crippen LogP contribution >= 0.6 is 0 Å². The molecule has 1 aliphatic heterocycles. The Balaban J connectivity index is 1.60. The minimum Gasteiger partial charge on any atom is -0.497 e. The normalized spacial score (nSPS) is 27.5. The van der Waals surface area contributed by atoms with Crippen LogP contribution < -0.4 is 9.64 Å². The van der Waals surface area contributed by atoms with Crippen molar-refractivity contribution in [2.24, 2.45) is 11.8 Å². The maximum atomic E-state index is 13.8. The summed E-state index contributed by atoms with van der Waals surface area (Å²) in [6.45, 7) is 0. The maximum Gasteiger partial charge on any atom is 0.239 e. The molecule has 0 radical (unpaired) electrons. The largest absolute Gasteiger partial charge is 0.497 e. The van der Waals surface area contributed by atoms with E-state index >= 15 is 0 Å². The van der Waals surface area contributed by atoms with Crippen LogP contribution in [0.1, 0.15) is 28.2 Å². The summed E-state index contributed by atoms with van der Waals surface area (Å²) in [7, 11) is 1.57. The fourth-order valence-corrected chi connectivity index (χ4v) is 6.02. The van der Waals surface area contributed by atoms with E-state index in [0.717, 1.165) is 28.5 Å². The highest BCUT2D eigenvalue weighted by atomic mass is 16.5. The zero-order chi connectivity index (χ0) is 21.3. The van der Waals surface area contributed by atoms with Crippen LogP contribution in [0.4, 0.5) is 5.69 Å². The number of carbonyl (C=O) groups is 3. The van der Waals surface area contributed by atoms with E-state index in [1.54, 1.807) is 31.4 Å². The Morgan fingerprint density at radius 1 is 0.839 bits per heavy atom. The quantitative estimate of drug-likeness (QED) is 0.491. The lowest BCUT2D eigenvalue weighted by molar-refractivity contribution is -0.128. The lowest BCUT2D eigenvalue weighted by Gasteiger charge is -2.51. The maximum absolute atomic E-state index is 13.8. The molecule has 3 aromatic carbocycles. The van der Waals surface area contributed by atoms with Gasteiger partial charge < -0.3 is 9.53 Å². The third kappa shape index (κ3) is 2.03. The second kappa shape index (κ2) is 6.14. The molecule has 7 rings (SSSR count). The Kier molecular flexibility index (Phi) is 3.58. The van der Waals surface area contributed by atoms with Crippen LogP contribution in [-0.4, -0.2) is 25.2 Å². The standard InChI is InChI=1S/C26H19NO4/c1-31-16-12-10-15(11-13-16)27-24(29)22-21-17-6-2-4-8-19(17)26(14-28,23(22)25(27)30)20-9-5-3-7-18(20)21/h2-14,21-23H,1H3/t21?,22-,23+,26?/m1/s1. The van der Waals surface area contributed by atoms with Crippen molar-refractivity contribution in [2.45, 2.75) is 11.3 Å². The first-order valence-corrected chi connectivity index (χ1v) is 10.3. The fourth-order valence-electron chi connectivity index (χ4n) is 6.02. The molecule has 1 saturated heterocycles. The summed E-state index contributed by atoms with van der Waals surface area (Å²) in [5.74, 6) is -1.54. The van der Waals surface area contributed by atoms with E-state index in [1.807, 2.05) is 48.5 Å². The number of methoxy groups -OCH3 is 1.